The smallest absolute Gasteiger partial charge is 0.166 e. The summed E-state index contributed by atoms with van der Waals surface area (Å²) in [6.07, 6.45) is 2.25. The van der Waals surface area contributed by atoms with Crippen LogP contribution in [0, 0.1) is 6.92 Å². The van der Waals surface area contributed by atoms with Crippen molar-refractivity contribution in [1.82, 2.24) is 14.6 Å². The van der Waals surface area contributed by atoms with E-state index in [1.807, 2.05) is 53.9 Å². The molecule has 0 aliphatic rings. The van der Waals surface area contributed by atoms with Crippen molar-refractivity contribution in [3.8, 4) is 22.4 Å². The fraction of sp³-hybridized carbons (Fsp3) is 0.217. The van der Waals surface area contributed by atoms with Crippen LogP contribution in [-0.4, -0.2) is 21.1 Å². The molecule has 5 heteroatoms. The Balaban J connectivity index is 1.92. The molecule has 0 aliphatic heterocycles. The van der Waals surface area contributed by atoms with Crippen molar-refractivity contribution in [3.05, 3.63) is 71.4 Å². The molecular formula is C23H23ClN4. The Morgan fingerprint density at radius 3 is 2.46 bits per heavy atom. The van der Waals surface area contributed by atoms with E-state index >= 15 is 0 Å². The maximum atomic E-state index is 6.09. The molecule has 2 aromatic carbocycles. The first-order valence-corrected chi connectivity index (χ1v) is 10.0. The summed E-state index contributed by atoms with van der Waals surface area (Å²) in [5, 5.41) is 9.04. The number of halogens is 1. The average molecular weight is 391 g/mol. The third-order valence-electron chi connectivity index (χ3n) is 4.80. The number of anilines is 1. The van der Waals surface area contributed by atoms with E-state index in [-0.39, 0.29) is 0 Å². The third-order valence-corrected chi connectivity index (χ3v) is 5.05. The summed E-state index contributed by atoms with van der Waals surface area (Å²) in [6, 6.07) is 20.2. The molecule has 2 aromatic heterocycles. The van der Waals surface area contributed by atoms with Gasteiger partial charge in [-0.25, -0.2) is 4.98 Å². The first kappa shape index (κ1) is 18.5. The first-order chi connectivity index (χ1) is 13.7. The summed E-state index contributed by atoms with van der Waals surface area (Å²) in [4.78, 5) is 4.98. The van der Waals surface area contributed by atoms with Crippen molar-refractivity contribution in [3.63, 3.8) is 0 Å². The molecule has 2 heterocycles. The minimum Gasteiger partial charge on any atom is -0.370 e. The van der Waals surface area contributed by atoms with Crippen molar-refractivity contribution >= 4 is 23.1 Å². The monoisotopic (exact) mass is 390 g/mol. The van der Waals surface area contributed by atoms with Crippen LogP contribution < -0.4 is 5.32 Å². The first-order valence-electron chi connectivity index (χ1n) is 9.63. The molecule has 4 aromatic rings. The zero-order valence-electron chi connectivity index (χ0n) is 16.1. The zero-order valence-corrected chi connectivity index (χ0v) is 16.9. The van der Waals surface area contributed by atoms with Crippen molar-refractivity contribution in [2.75, 3.05) is 11.9 Å². The molecule has 0 amide bonds. The van der Waals surface area contributed by atoms with Gasteiger partial charge in [-0.15, -0.1) is 0 Å². The van der Waals surface area contributed by atoms with E-state index in [1.165, 1.54) is 0 Å². The maximum absolute atomic E-state index is 6.09. The lowest BCUT2D eigenvalue weighted by Gasteiger charge is -2.11. The number of nitrogens with zero attached hydrogens (tertiary/aromatic N) is 3. The van der Waals surface area contributed by atoms with Crippen LogP contribution in [0.15, 0.2) is 60.7 Å². The summed E-state index contributed by atoms with van der Waals surface area (Å²) >= 11 is 6.09. The van der Waals surface area contributed by atoms with Gasteiger partial charge in [-0.2, -0.15) is 9.61 Å². The van der Waals surface area contributed by atoms with E-state index in [2.05, 4.69) is 30.4 Å². The van der Waals surface area contributed by atoms with Gasteiger partial charge in [-0.3, -0.25) is 0 Å². The van der Waals surface area contributed by atoms with Crippen LogP contribution in [0.5, 0.6) is 0 Å². The third kappa shape index (κ3) is 3.60. The number of hydrogen-bond acceptors (Lipinski definition) is 3. The largest absolute Gasteiger partial charge is 0.370 e. The molecule has 0 radical (unpaired) electrons. The van der Waals surface area contributed by atoms with Gasteiger partial charge in [0.05, 0.1) is 11.4 Å². The summed E-state index contributed by atoms with van der Waals surface area (Å²) in [5.41, 5.74) is 5.91. The topological polar surface area (TPSA) is 42.2 Å². The second-order valence-corrected chi connectivity index (χ2v) is 7.31. The Morgan fingerprint density at radius 1 is 1.00 bits per heavy atom. The van der Waals surface area contributed by atoms with Crippen LogP contribution in [0.4, 0.5) is 5.82 Å². The molecule has 4 rings (SSSR count). The normalized spacial score (nSPS) is 11.1. The van der Waals surface area contributed by atoms with Gasteiger partial charge in [0.1, 0.15) is 5.82 Å². The lowest BCUT2D eigenvalue weighted by molar-refractivity contribution is 0.818. The van der Waals surface area contributed by atoms with Gasteiger partial charge in [0, 0.05) is 28.8 Å². The number of aryl methyl sites for hydroxylation is 1. The molecule has 0 saturated carbocycles. The average Bonchev–Trinajstić information content (AvgIpc) is 3.05. The summed E-state index contributed by atoms with van der Waals surface area (Å²) in [5.74, 6) is 0.959. The molecule has 0 atom stereocenters. The number of hydrogen-bond donors (Lipinski definition) is 1. The molecule has 4 nitrogen and oxygen atoms in total. The molecule has 0 bridgehead atoms. The summed E-state index contributed by atoms with van der Waals surface area (Å²) in [6.45, 7) is 5.12. The van der Waals surface area contributed by atoms with E-state index in [0.717, 1.165) is 64.0 Å². The van der Waals surface area contributed by atoms with Gasteiger partial charge in [0.15, 0.2) is 5.65 Å². The zero-order chi connectivity index (χ0) is 19.5. The highest BCUT2D eigenvalue weighted by Gasteiger charge is 2.17. The second-order valence-electron chi connectivity index (χ2n) is 6.88. The van der Waals surface area contributed by atoms with Crippen LogP contribution >= 0.6 is 11.6 Å². The van der Waals surface area contributed by atoms with E-state index in [9.17, 15) is 0 Å². The van der Waals surface area contributed by atoms with Crippen LogP contribution in [-0.2, 0) is 0 Å². The molecule has 0 spiro atoms. The molecule has 0 unspecified atom stereocenters. The highest BCUT2D eigenvalue weighted by Crippen LogP contribution is 2.32. The minimum absolute atomic E-state index is 0.720. The highest BCUT2D eigenvalue weighted by atomic mass is 35.5. The van der Waals surface area contributed by atoms with Gasteiger partial charge < -0.3 is 5.32 Å². The Labute approximate surface area is 170 Å². The molecular weight excluding hydrogens is 368 g/mol. The van der Waals surface area contributed by atoms with Crippen LogP contribution in [0.2, 0.25) is 5.02 Å². The van der Waals surface area contributed by atoms with Gasteiger partial charge in [-0.1, -0.05) is 67.4 Å². The Bertz CT molecular complexity index is 1090. The van der Waals surface area contributed by atoms with E-state index in [1.54, 1.807) is 0 Å². The van der Waals surface area contributed by atoms with Crippen LogP contribution in [0.25, 0.3) is 28.0 Å². The number of nitrogens with one attached hydrogen (secondary N) is 1. The van der Waals surface area contributed by atoms with Crippen molar-refractivity contribution in [1.29, 1.82) is 0 Å². The lowest BCUT2D eigenvalue weighted by Crippen LogP contribution is -2.08. The molecule has 0 saturated heterocycles. The predicted molar refractivity (Wildman–Crippen MR) is 117 cm³/mol. The van der Waals surface area contributed by atoms with Crippen molar-refractivity contribution in [2.45, 2.75) is 26.7 Å². The summed E-state index contributed by atoms with van der Waals surface area (Å²) in [7, 11) is 0. The number of benzene rings is 2. The Morgan fingerprint density at radius 2 is 1.75 bits per heavy atom. The number of unbranched alkanes of at least 4 members (excludes halogenated alkanes) is 1. The Kier molecular flexibility index (Phi) is 5.31. The fourth-order valence-corrected chi connectivity index (χ4v) is 3.48. The maximum Gasteiger partial charge on any atom is 0.166 e. The van der Waals surface area contributed by atoms with Crippen LogP contribution in [0.3, 0.4) is 0 Å². The minimum atomic E-state index is 0.720. The molecule has 0 fully saturated rings. The van der Waals surface area contributed by atoms with Gasteiger partial charge in [0.25, 0.3) is 0 Å². The Hall–Kier alpha value is -2.85. The van der Waals surface area contributed by atoms with Crippen LogP contribution in [0.1, 0.15) is 25.5 Å². The lowest BCUT2D eigenvalue weighted by atomic mass is 10.1. The fourth-order valence-electron chi connectivity index (χ4n) is 3.35. The number of aromatic nitrogens is 3. The molecule has 28 heavy (non-hydrogen) atoms. The number of fused-ring (bicyclic) bond motifs is 1. The second kappa shape index (κ2) is 8.03. The standard InChI is InChI=1S/C23H23ClN4/c1-3-4-14-25-21-15-20(17-8-6-5-7-9-17)26-23-22(16(2)27-28(21)23)18-10-12-19(24)13-11-18/h5-13,15,25H,3-4,14H2,1-2H3. The van der Waals surface area contributed by atoms with E-state index in [4.69, 9.17) is 21.7 Å². The van der Waals surface area contributed by atoms with Crippen molar-refractivity contribution < 1.29 is 0 Å². The predicted octanol–water partition coefficient (Wildman–Crippen LogP) is 6.24. The quantitative estimate of drug-likeness (QED) is 0.396. The SMILES string of the molecule is CCCCNc1cc(-c2ccccc2)nc2c(-c3ccc(Cl)cc3)c(C)nn12. The van der Waals surface area contributed by atoms with E-state index in [0.29, 0.717) is 0 Å². The summed E-state index contributed by atoms with van der Waals surface area (Å²) < 4.78 is 1.92. The van der Waals surface area contributed by atoms with Gasteiger partial charge in [-0.05, 0) is 31.0 Å². The van der Waals surface area contributed by atoms with Crippen molar-refractivity contribution in [2.24, 2.45) is 0 Å². The highest BCUT2D eigenvalue weighted by molar-refractivity contribution is 6.30. The van der Waals surface area contributed by atoms with E-state index < -0.39 is 0 Å². The molecule has 1 N–H and O–H groups in total. The van der Waals surface area contributed by atoms with Gasteiger partial charge >= 0.3 is 0 Å². The van der Waals surface area contributed by atoms with Gasteiger partial charge in [0.2, 0.25) is 0 Å². The molecule has 0 aliphatic carbocycles. The molecule has 142 valence electrons. The number of rotatable bonds is 6.